The Hall–Kier alpha value is -1.71. The van der Waals surface area contributed by atoms with Gasteiger partial charge in [0.05, 0.1) is 6.21 Å². The first-order chi connectivity index (χ1) is 7.74. The quantitative estimate of drug-likeness (QED) is 0.314. The first kappa shape index (κ1) is 12.4. The van der Waals surface area contributed by atoms with Crippen LogP contribution in [-0.4, -0.2) is 12.8 Å². The molecule has 2 nitrogen and oxygen atoms in total. The predicted molar refractivity (Wildman–Crippen MR) is 59.8 cm³/mol. The van der Waals surface area contributed by atoms with E-state index in [1.807, 2.05) is 0 Å². The van der Waals surface area contributed by atoms with E-state index < -0.39 is 6.43 Å². The molecule has 0 fully saturated rings. The maximum atomic E-state index is 12.2. The molecule has 0 saturated carbocycles. The van der Waals surface area contributed by atoms with Gasteiger partial charge in [-0.15, -0.1) is 6.58 Å². The maximum Gasteiger partial charge on any atom is 0.263 e. The third kappa shape index (κ3) is 4.21. The average Bonchev–Trinajstić information content (AvgIpc) is 2.29. The smallest absolute Gasteiger partial charge is 0.263 e. The Labute approximate surface area is 93.2 Å². The zero-order valence-corrected chi connectivity index (χ0v) is 8.77. The maximum absolute atomic E-state index is 12.2. The molecule has 86 valence electrons. The van der Waals surface area contributed by atoms with Crippen molar-refractivity contribution in [1.29, 1.82) is 0 Å². The lowest BCUT2D eigenvalue weighted by atomic mass is 10.1. The van der Waals surface area contributed by atoms with Crippen molar-refractivity contribution < 1.29 is 13.6 Å². The lowest BCUT2D eigenvalue weighted by Crippen LogP contribution is -1.88. The van der Waals surface area contributed by atoms with Crippen LogP contribution in [0.15, 0.2) is 42.1 Å². The molecule has 0 spiro atoms. The largest absolute Gasteiger partial charge is 0.395 e. The number of hydrogen-bond acceptors (Lipinski definition) is 2. The molecule has 0 aliphatic rings. The molecule has 0 N–H and O–H groups in total. The van der Waals surface area contributed by atoms with Crippen molar-refractivity contribution in [2.75, 3.05) is 6.61 Å². The van der Waals surface area contributed by atoms with Crippen molar-refractivity contribution in [3.05, 3.63) is 48.0 Å². The van der Waals surface area contributed by atoms with Gasteiger partial charge in [0.15, 0.2) is 0 Å². The van der Waals surface area contributed by atoms with Crippen LogP contribution in [0.5, 0.6) is 0 Å². The molecule has 0 saturated heterocycles. The second-order valence-corrected chi connectivity index (χ2v) is 3.11. The van der Waals surface area contributed by atoms with Crippen LogP contribution in [0.4, 0.5) is 8.78 Å². The summed E-state index contributed by atoms with van der Waals surface area (Å²) in [4.78, 5) is 4.91. The second kappa shape index (κ2) is 6.71. The van der Waals surface area contributed by atoms with Crippen molar-refractivity contribution in [2.45, 2.75) is 12.8 Å². The van der Waals surface area contributed by atoms with E-state index in [0.29, 0.717) is 6.61 Å². The van der Waals surface area contributed by atoms with Crippen LogP contribution in [0.3, 0.4) is 0 Å². The van der Waals surface area contributed by atoms with Crippen LogP contribution in [0.1, 0.15) is 24.0 Å². The van der Waals surface area contributed by atoms with Crippen LogP contribution in [0.2, 0.25) is 0 Å². The van der Waals surface area contributed by atoms with E-state index in [1.54, 1.807) is 18.2 Å². The molecule has 0 aliphatic heterocycles. The first-order valence-electron chi connectivity index (χ1n) is 4.88. The number of rotatable bonds is 6. The predicted octanol–water partition coefficient (Wildman–Crippen LogP) is 3.55. The normalized spacial score (nSPS) is 10.9. The summed E-state index contributed by atoms with van der Waals surface area (Å²) in [6.07, 6.45) is 1.50. The second-order valence-electron chi connectivity index (χ2n) is 3.11. The molecule has 0 aliphatic carbocycles. The van der Waals surface area contributed by atoms with Gasteiger partial charge in [0, 0.05) is 12.0 Å². The van der Waals surface area contributed by atoms with Gasteiger partial charge >= 0.3 is 0 Å². The van der Waals surface area contributed by atoms with Gasteiger partial charge in [0.2, 0.25) is 0 Å². The van der Waals surface area contributed by atoms with Crippen molar-refractivity contribution >= 4 is 6.21 Å². The van der Waals surface area contributed by atoms with E-state index in [1.165, 1.54) is 18.3 Å². The monoisotopic (exact) mass is 225 g/mol. The summed E-state index contributed by atoms with van der Waals surface area (Å²) in [5.74, 6) is 0. The molecular formula is C12H13F2NO. The van der Waals surface area contributed by atoms with Crippen LogP contribution in [0, 0.1) is 0 Å². The van der Waals surface area contributed by atoms with E-state index in [4.69, 9.17) is 4.84 Å². The molecule has 16 heavy (non-hydrogen) atoms. The average molecular weight is 225 g/mol. The zero-order valence-electron chi connectivity index (χ0n) is 8.77. The third-order valence-corrected chi connectivity index (χ3v) is 1.88. The van der Waals surface area contributed by atoms with E-state index >= 15 is 0 Å². The Morgan fingerprint density at radius 3 is 2.56 bits per heavy atom. The molecule has 0 unspecified atom stereocenters. The van der Waals surface area contributed by atoms with Gasteiger partial charge in [0.1, 0.15) is 6.61 Å². The molecule has 0 bridgehead atoms. The van der Waals surface area contributed by atoms with Crippen molar-refractivity contribution in [1.82, 2.24) is 0 Å². The summed E-state index contributed by atoms with van der Waals surface area (Å²) >= 11 is 0. The number of benzene rings is 1. The number of hydrogen-bond donors (Lipinski definition) is 0. The molecule has 0 heterocycles. The minimum atomic E-state index is -2.44. The van der Waals surface area contributed by atoms with Gasteiger partial charge in [-0.05, 0) is 5.56 Å². The van der Waals surface area contributed by atoms with Crippen molar-refractivity contribution in [3.8, 4) is 0 Å². The Balaban J connectivity index is 2.45. The standard InChI is InChI=1S/C12H13F2NO/c1-2-3-8-16-15-9-10-4-6-11(7-5-10)12(13)14/h2,4-7,9,12H,1,3,8H2. The van der Waals surface area contributed by atoms with Crippen LogP contribution < -0.4 is 0 Å². The summed E-state index contributed by atoms with van der Waals surface area (Å²) in [5, 5.41) is 3.69. The van der Waals surface area contributed by atoms with Crippen LogP contribution in [-0.2, 0) is 4.84 Å². The highest BCUT2D eigenvalue weighted by Crippen LogP contribution is 2.18. The molecular weight excluding hydrogens is 212 g/mol. The zero-order chi connectivity index (χ0) is 11.8. The van der Waals surface area contributed by atoms with Crippen LogP contribution in [0.25, 0.3) is 0 Å². The van der Waals surface area contributed by atoms with Crippen LogP contribution >= 0.6 is 0 Å². The number of nitrogens with zero attached hydrogens (tertiary/aromatic N) is 1. The molecule has 0 radical (unpaired) electrons. The fraction of sp³-hybridized carbons (Fsp3) is 0.250. The molecule has 1 aromatic rings. The topological polar surface area (TPSA) is 21.6 Å². The molecule has 0 atom stereocenters. The van der Waals surface area contributed by atoms with Gasteiger partial charge in [-0.3, -0.25) is 0 Å². The minimum Gasteiger partial charge on any atom is -0.395 e. The highest BCUT2D eigenvalue weighted by Gasteiger charge is 2.04. The Morgan fingerprint density at radius 2 is 2.00 bits per heavy atom. The fourth-order valence-corrected chi connectivity index (χ4v) is 1.01. The summed E-state index contributed by atoms with van der Waals surface area (Å²) in [7, 11) is 0. The third-order valence-electron chi connectivity index (χ3n) is 1.88. The lowest BCUT2D eigenvalue weighted by molar-refractivity contribution is 0.151. The molecule has 0 amide bonds. The summed E-state index contributed by atoms with van der Waals surface area (Å²) < 4.78 is 24.4. The Kier molecular flexibility index (Phi) is 5.19. The highest BCUT2D eigenvalue weighted by molar-refractivity contribution is 5.79. The van der Waals surface area contributed by atoms with E-state index in [9.17, 15) is 8.78 Å². The molecule has 1 aromatic carbocycles. The van der Waals surface area contributed by atoms with Crippen molar-refractivity contribution in [2.24, 2.45) is 5.16 Å². The summed E-state index contributed by atoms with van der Waals surface area (Å²) in [6, 6.07) is 5.88. The van der Waals surface area contributed by atoms with Gasteiger partial charge in [-0.25, -0.2) is 8.78 Å². The summed E-state index contributed by atoms with van der Waals surface area (Å²) in [6.45, 7) is 4.01. The van der Waals surface area contributed by atoms with Gasteiger partial charge in [0.25, 0.3) is 6.43 Å². The molecule has 1 rings (SSSR count). The number of alkyl halides is 2. The van der Waals surface area contributed by atoms with Gasteiger partial charge in [-0.2, -0.15) is 0 Å². The van der Waals surface area contributed by atoms with Gasteiger partial charge < -0.3 is 4.84 Å². The fourth-order valence-electron chi connectivity index (χ4n) is 1.01. The summed E-state index contributed by atoms with van der Waals surface area (Å²) in [5.41, 5.74) is 0.729. The number of oxime groups is 1. The first-order valence-corrected chi connectivity index (χ1v) is 4.88. The molecule has 0 aromatic heterocycles. The highest BCUT2D eigenvalue weighted by atomic mass is 19.3. The molecule has 4 heteroatoms. The van der Waals surface area contributed by atoms with E-state index in [-0.39, 0.29) is 5.56 Å². The lowest BCUT2D eigenvalue weighted by Gasteiger charge is -1.99. The Bertz CT molecular complexity index is 347. The Morgan fingerprint density at radius 1 is 1.31 bits per heavy atom. The minimum absolute atomic E-state index is 0.00438. The SMILES string of the molecule is C=CCCON=Cc1ccc(C(F)F)cc1. The van der Waals surface area contributed by atoms with E-state index in [2.05, 4.69) is 11.7 Å². The van der Waals surface area contributed by atoms with E-state index in [0.717, 1.165) is 12.0 Å². The van der Waals surface area contributed by atoms with Crippen molar-refractivity contribution in [3.63, 3.8) is 0 Å². The number of halogens is 2. The van der Waals surface area contributed by atoms with Gasteiger partial charge in [-0.1, -0.05) is 35.5 Å².